The Labute approximate surface area is 183 Å². The van der Waals surface area contributed by atoms with Gasteiger partial charge in [0.1, 0.15) is 5.82 Å². The Kier molecular flexibility index (Phi) is 6.21. The lowest BCUT2D eigenvalue weighted by Gasteiger charge is -2.33. The van der Waals surface area contributed by atoms with Crippen molar-refractivity contribution in [1.82, 2.24) is 14.5 Å². The predicted molar refractivity (Wildman–Crippen MR) is 124 cm³/mol. The van der Waals surface area contributed by atoms with Crippen LogP contribution in [0.25, 0.3) is 16.6 Å². The van der Waals surface area contributed by atoms with E-state index in [2.05, 4.69) is 0 Å². The van der Waals surface area contributed by atoms with Gasteiger partial charge >= 0.3 is 0 Å². The number of aryl methyl sites for hydroxylation is 1. The van der Waals surface area contributed by atoms with Crippen LogP contribution in [0.4, 0.5) is 0 Å². The first-order valence-electron chi connectivity index (χ1n) is 11.4. The number of carbonyl (C=O) groups is 1. The van der Waals surface area contributed by atoms with Gasteiger partial charge in [0.25, 0.3) is 5.56 Å². The lowest BCUT2D eigenvalue weighted by Crippen LogP contribution is -2.41. The molecule has 1 saturated carbocycles. The number of amides is 1. The molecule has 1 aromatic heterocycles. The van der Waals surface area contributed by atoms with Gasteiger partial charge in [0, 0.05) is 12.5 Å². The zero-order valence-electron chi connectivity index (χ0n) is 18.7. The minimum absolute atomic E-state index is 0.0789. The van der Waals surface area contributed by atoms with Gasteiger partial charge in [0.05, 0.1) is 22.6 Å². The summed E-state index contributed by atoms with van der Waals surface area (Å²) in [7, 11) is 0. The molecule has 0 spiro atoms. The number of benzene rings is 2. The van der Waals surface area contributed by atoms with Gasteiger partial charge in [-0.25, -0.2) is 4.98 Å². The molecule has 1 amide bonds. The molecular formula is C26H31N3O2. The van der Waals surface area contributed by atoms with Gasteiger partial charge in [-0.05, 0) is 57.4 Å². The molecule has 1 unspecified atom stereocenters. The van der Waals surface area contributed by atoms with Crippen molar-refractivity contribution < 1.29 is 4.79 Å². The first-order valence-corrected chi connectivity index (χ1v) is 11.4. The van der Waals surface area contributed by atoms with E-state index in [4.69, 9.17) is 4.98 Å². The third kappa shape index (κ3) is 4.01. The Hall–Kier alpha value is -2.95. The van der Waals surface area contributed by atoms with Crippen LogP contribution in [0.5, 0.6) is 0 Å². The second kappa shape index (κ2) is 9.04. The number of fused-ring (bicyclic) bond motifs is 1. The normalized spacial score (nSPS) is 15.7. The van der Waals surface area contributed by atoms with Crippen molar-refractivity contribution in [3.63, 3.8) is 0 Å². The Bertz CT molecular complexity index is 1140. The maximum absolute atomic E-state index is 13.6. The summed E-state index contributed by atoms with van der Waals surface area (Å²) >= 11 is 0. The molecule has 0 bridgehead atoms. The van der Waals surface area contributed by atoms with Gasteiger partial charge in [-0.2, -0.15) is 0 Å². The standard InChI is InChI=1S/C26H31N3O2/c1-4-28(25(30)20-13-6-5-7-14-20)19(3)24-27-22-16-10-9-15-21(22)26(31)29(24)23-17-11-8-12-18(23)2/h8-12,15-17,19-20H,4-7,13-14H2,1-3H3. The third-order valence-corrected chi connectivity index (χ3v) is 6.58. The number of hydrogen-bond acceptors (Lipinski definition) is 3. The Morgan fingerprint density at radius 3 is 2.48 bits per heavy atom. The minimum atomic E-state index is -0.309. The van der Waals surface area contributed by atoms with Crippen molar-refractivity contribution in [2.75, 3.05) is 6.54 Å². The molecule has 4 rings (SSSR count). The summed E-state index contributed by atoms with van der Waals surface area (Å²) in [6, 6.07) is 15.0. The summed E-state index contributed by atoms with van der Waals surface area (Å²) < 4.78 is 1.71. The van der Waals surface area contributed by atoms with Crippen LogP contribution in [-0.2, 0) is 4.79 Å². The van der Waals surface area contributed by atoms with Gasteiger partial charge in [-0.15, -0.1) is 0 Å². The van der Waals surface area contributed by atoms with Crippen LogP contribution in [0.3, 0.4) is 0 Å². The summed E-state index contributed by atoms with van der Waals surface area (Å²) in [5.74, 6) is 0.882. The van der Waals surface area contributed by atoms with Crippen LogP contribution < -0.4 is 5.56 Å². The Morgan fingerprint density at radius 1 is 1.10 bits per heavy atom. The van der Waals surface area contributed by atoms with Gasteiger partial charge in [-0.3, -0.25) is 14.2 Å². The van der Waals surface area contributed by atoms with Crippen LogP contribution in [0, 0.1) is 12.8 Å². The lowest BCUT2D eigenvalue weighted by molar-refractivity contribution is -0.138. The van der Waals surface area contributed by atoms with E-state index >= 15 is 0 Å². The van der Waals surface area contributed by atoms with Gasteiger partial charge < -0.3 is 4.90 Å². The number of carbonyl (C=O) groups excluding carboxylic acids is 1. The third-order valence-electron chi connectivity index (χ3n) is 6.58. The quantitative estimate of drug-likeness (QED) is 0.574. The van der Waals surface area contributed by atoms with Crippen LogP contribution in [0.1, 0.15) is 63.4 Å². The Balaban J connectivity index is 1.87. The molecule has 0 aliphatic heterocycles. The summed E-state index contributed by atoms with van der Waals surface area (Å²) in [6.07, 6.45) is 5.36. The maximum atomic E-state index is 13.6. The highest BCUT2D eigenvalue weighted by atomic mass is 16.2. The number of nitrogens with zero attached hydrogens (tertiary/aromatic N) is 3. The highest BCUT2D eigenvalue weighted by Crippen LogP contribution is 2.30. The molecule has 31 heavy (non-hydrogen) atoms. The van der Waals surface area contributed by atoms with Crippen LogP contribution in [0.2, 0.25) is 0 Å². The molecule has 1 atom stereocenters. The monoisotopic (exact) mass is 417 g/mol. The molecule has 1 heterocycles. The number of rotatable bonds is 5. The molecule has 0 saturated heterocycles. The molecule has 0 radical (unpaired) electrons. The Morgan fingerprint density at radius 2 is 1.77 bits per heavy atom. The average Bonchev–Trinajstić information content (AvgIpc) is 2.80. The highest BCUT2D eigenvalue weighted by Gasteiger charge is 2.31. The van der Waals surface area contributed by atoms with E-state index in [1.807, 2.05) is 74.2 Å². The fourth-order valence-electron chi connectivity index (χ4n) is 4.82. The molecule has 5 nitrogen and oxygen atoms in total. The molecule has 162 valence electrons. The topological polar surface area (TPSA) is 55.2 Å². The van der Waals surface area contributed by atoms with Crippen molar-refractivity contribution in [1.29, 1.82) is 0 Å². The largest absolute Gasteiger partial charge is 0.333 e. The van der Waals surface area contributed by atoms with E-state index < -0.39 is 0 Å². The van der Waals surface area contributed by atoms with Crippen molar-refractivity contribution >= 4 is 16.8 Å². The summed E-state index contributed by atoms with van der Waals surface area (Å²) in [6.45, 7) is 6.59. The second-order valence-electron chi connectivity index (χ2n) is 8.55. The van der Waals surface area contributed by atoms with Crippen LogP contribution in [0.15, 0.2) is 53.3 Å². The first kappa shape index (κ1) is 21.3. The van der Waals surface area contributed by atoms with Crippen LogP contribution in [-0.4, -0.2) is 26.9 Å². The number of para-hydroxylation sites is 2. The van der Waals surface area contributed by atoms with E-state index in [1.54, 1.807) is 4.57 Å². The van der Waals surface area contributed by atoms with Gasteiger partial charge in [0.15, 0.2) is 0 Å². The van der Waals surface area contributed by atoms with E-state index in [0.717, 1.165) is 36.9 Å². The van der Waals surface area contributed by atoms with Gasteiger partial charge in [0.2, 0.25) is 5.91 Å². The second-order valence-corrected chi connectivity index (χ2v) is 8.55. The molecule has 1 aliphatic carbocycles. The van der Waals surface area contributed by atoms with Crippen molar-refractivity contribution in [2.24, 2.45) is 5.92 Å². The fraction of sp³-hybridized carbons (Fsp3) is 0.423. The van der Waals surface area contributed by atoms with E-state index in [1.165, 1.54) is 6.42 Å². The SMILES string of the molecule is CCN(C(=O)C1CCCCC1)C(C)c1nc2ccccc2c(=O)n1-c1ccccc1C. The zero-order valence-corrected chi connectivity index (χ0v) is 18.7. The molecular weight excluding hydrogens is 386 g/mol. The summed E-state index contributed by atoms with van der Waals surface area (Å²) in [5.41, 5.74) is 2.38. The van der Waals surface area contributed by atoms with E-state index in [9.17, 15) is 9.59 Å². The van der Waals surface area contributed by atoms with E-state index in [-0.39, 0.29) is 23.4 Å². The van der Waals surface area contributed by atoms with Crippen molar-refractivity contribution in [3.05, 3.63) is 70.3 Å². The van der Waals surface area contributed by atoms with Gasteiger partial charge in [-0.1, -0.05) is 49.6 Å². The van der Waals surface area contributed by atoms with E-state index in [0.29, 0.717) is 23.3 Å². The molecule has 1 fully saturated rings. The zero-order chi connectivity index (χ0) is 22.0. The lowest BCUT2D eigenvalue weighted by atomic mass is 9.88. The minimum Gasteiger partial charge on any atom is -0.333 e. The summed E-state index contributed by atoms with van der Waals surface area (Å²) in [4.78, 5) is 33.8. The molecule has 0 N–H and O–H groups in total. The molecule has 1 aliphatic rings. The van der Waals surface area contributed by atoms with Crippen molar-refractivity contribution in [3.8, 4) is 5.69 Å². The molecule has 2 aromatic carbocycles. The smallest absolute Gasteiger partial charge is 0.266 e. The predicted octanol–water partition coefficient (Wildman–Crippen LogP) is 5.18. The molecule has 3 aromatic rings. The maximum Gasteiger partial charge on any atom is 0.266 e. The van der Waals surface area contributed by atoms with Crippen LogP contribution >= 0.6 is 0 Å². The molecule has 5 heteroatoms. The highest BCUT2D eigenvalue weighted by molar-refractivity contribution is 5.80. The first-order chi connectivity index (χ1) is 15.0. The average molecular weight is 418 g/mol. The summed E-state index contributed by atoms with van der Waals surface area (Å²) in [5, 5.41) is 0.586. The number of hydrogen-bond donors (Lipinski definition) is 0. The fourth-order valence-corrected chi connectivity index (χ4v) is 4.82. The number of aromatic nitrogens is 2. The van der Waals surface area contributed by atoms with Crippen molar-refractivity contribution in [2.45, 2.75) is 58.9 Å².